The number of methoxy groups -OCH3 is 1. The molecule has 0 bridgehead atoms. The van der Waals surface area contributed by atoms with Crippen molar-refractivity contribution in [2.75, 3.05) is 13.7 Å². The number of esters is 1. The van der Waals surface area contributed by atoms with E-state index in [4.69, 9.17) is 9.47 Å². The highest BCUT2D eigenvalue weighted by Gasteiger charge is 2.23. The number of carbonyl (C=O) groups is 2. The van der Waals surface area contributed by atoms with Crippen molar-refractivity contribution in [3.05, 3.63) is 59.9 Å². The van der Waals surface area contributed by atoms with Crippen molar-refractivity contribution in [2.24, 2.45) is 0 Å². The van der Waals surface area contributed by atoms with Crippen LogP contribution in [0.4, 0.5) is 4.39 Å². The van der Waals surface area contributed by atoms with Crippen molar-refractivity contribution in [1.29, 1.82) is 0 Å². The Hall–Kier alpha value is -3.09. The fourth-order valence-electron chi connectivity index (χ4n) is 2.29. The molecule has 1 unspecified atom stereocenters. The second-order valence-electron chi connectivity index (χ2n) is 5.52. The van der Waals surface area contributed by atoms with Gasteiger partial charge in [-0.05, 0) is 48.4 Å². The zero-order chi connectivity index (χ0) is 18.9. The van der Waals surface area contributed by atoms with Crippen LogP contribution in [0.1, 0.15) is 24.4 Å². The van der Waals surface area contributed by atoms with Gasteiger partial charge in [0.05, 0.1) is 13.7 Å². The number of phenolic OH excluding ortho intramolecular Hbond substituents is 1. The van der Waals surface area contributed by atoms with Gasteiger partial charge in [0.1, 0.15) is 17.3 Å². The van der Waals surface area contributed by atoms with E-state index in [0.29, 0.717) is 17.7 Å². The summed E-state index contributed by atoms with van der Waals surface area (Å²) in [5.41, 5.74) is 0.424. The number of ether oxygens (including phenoxy) is 2. The number of amides is 1. The topological polar surface area (TPSA) is 84.9 Å². The van der Waals surface area contributed by atoms with Crippen molar-refractivity contribution in [3.63, 3.8) is 0 Å². The molecule has 0 fully saturated rings. The summed E-state index contributed by atoms with van der Waals surface area (Å²) in [4.78, 5) is 24.0. The van der Waals surface area contributed by atoms with Crippen molar-refractivity contribution < 1.29 is 28.6 Å². The summed E-state index contributed by atoms with van der Waals surface area (Å²) in [5, 5.41) is 12.1. The van der Waals surface area contributed by atoms with Gasteiger partial charge in [0.15, 0.2) is 6.04 Å². The molecule has 0 aromatic heterocycles. The number of phenols is 1. The van der Waals surface area contributed by atoms with Gasteiger partial charge in [0.25, 0.3) is 0 Å². The Labute approximate surface area is 150 Å². The number of halogens is 1. The lowest BCUT2D eigenvalue weighted by atomic mass is 10.1. The Morgan fingerprint density at radius 2 is 1.92 bits per heavy atom. The van der Waals surface area contributed by atoms with Crippen LogP contribution >= 0.6 is 0 Å². The monoisotopic (exact) mass is 361 g/mol. The molecule has 2 aromatic rings. The number of carbonyl (C=O) groups excluding carboxylic acids is 2. The Morgan fingerprint density at radius 3 is 2.58 bits per heavy atom. The molecule has 0 aliphatic heterocycles. The van der Waals surface area contributed by atoms with E-state index in [-0.39, 0.29) is 30.5 Å². The molecule has 0 spiro atoms. The molecule has 0 aliphatic rings. The highest BCUT2D eigenvalue weighted by Crippen LogP contribution is 2.20. The van der Waals surface area contributed by atoms with Gasteiger partial charge in [0.2, 0.25) is 5.91 Å². The van der Waals surface area contributed by atoms with E-state index in [0.717, 1.165) is 0 Å². The second-order valence-corrected chi connectivity index (χ2v) is 5.52. The molecule has 0 radical (unpaired) electrons. The molecule has 26 heavy (non-hydrogen) atoms. The van der Waals surface area contributed by atoms with Gasteiger partial charge in [0, 0.05) is 6.42 Å². The lowest BCUT2D eigenvalue weighted by Gasteiger charge is -2.17. The predicted molar refractivity (Wildman–Crippen MR) is 92.1 cm³/mol. The molecule has 2 rings (SSSR count). The summed E-state index contributed by atoms with van der Waals surface area (Å²) in [6.45, 7) is 0.272. The number of hydrogen-bond donors (Lipinski definition) is 2. The fourth-order valence-corrected chi connectivity index (χ4v) is 2.29. The predicted octanol–water partition coefficient (Wildman–Crippen LogP) is 2.72. The van der Waals surface area contributed by atoms with Gasteiger partial charge in [-0.2, -0.15) is 0 Å². The smallest absolute Gasteiger partial charge is 0.333 e. The highest BCUT2D eigenvalue weighted by atomic mass is 19.1. The quantitative estimate of drug-likeness (QED) is 0.558. The van der Waals surface area contributed by atoms with Crippen molar-refractivity contribution in [1.82, 2.24) is 5.32 Å². The summed E-state index contributed by atoms with van der Waals surface area (Å²) in [7, 11) is 1.22. The van der Waals surface area contributed by atoms with Crippen LogP contribution in [0.15, 0.2) is 48.5 Å². The summed E-state index contributed by atoms with van der Waals surface area (Å²) in [6.07, 6.45) is 0.546. The van der Waals surface area contributed by atoms with Gasteiger partial charge < -0.3 is 19.9 Å². The third kappa shape index (κ3) is 5.77. The SMILES string of the molecule is COC(=O)C(NC(=O)CCCOc1ccc(F)cc1)c1cccc(O)c1. The molecular formula is C19H20FNO5. The Kier molecular flexibility index (Phi) is 6.96. The van der Waals surface area contributed by atoms with Crippen LogP contribution in [-0.2, 0) is 14.3 Å². The minimum Gasteiger partial charge on any atom is -0.508 e. The maximum atomic E-state index is 12.8. The zero-order valence-corrected chi connectivity index (χ0v) is 14.3. The molecule has 0 saturated carbocycles. The maximum absolute atomic E-state index is 12.8. The highest BCUT2D eigenvalue weighted by molar-refractivity contribution is 5.85. The molecule has 7 heteroatoms. The normalized spacial score (nSPS) is 11.5. The first-order valence-corrected chi connectivity index (χ1v) is 8.04. The van der Waals surface area contributed by atoms with E-state index in [2.05, 4.69) is 5.32 Å². The maximum Gasteiger partial charge on any atom is 0.333 e. The first-order chi connectivity index (χ1) is 12.5. The largest absolute Gasteiger partial charge is 0.508 e. The van der Waals surface area contributed by atoms with Gasteiger partial charge >= 0.3 is 5.97 Å². The van der Waals surface area contributed by atoms with E-state index in [1.165, 1.54) is 43.5 Å². The number of rotatable bonds is 8. The number of hydrogen-bond acceptors (Lipinski definition) is 5. The van der Waals surface area contributed by atoms with Crippen molar-refractivity contribution in [2.45, 2.75) is 18.9 Å². The van der Waals surface area contributed by atoms with Crippen LogP contribution < -0.4 is 10.1 Å². The summed E-state index contributed by atoms with van der Waals surface area (Å²) in [6, 6.07) is 10.6. The molecule has 0 aliphatic carbocycles. The Bertz CT molecular complexity index is 748. The van der Waals surface area contributed by atoms with Crippen molar-refractivity contribution >= 4 is 11.9 Å². The van der Waals surface area contributed by atoms with Crippen molar-refractivity contribution in [3.8, 4) is 11.5 Å². The summed E-state index contributed by atoms with van der Waals surface area (Å²) in [5.74, 6) is -0.840. The third-order valence-corrected chi connectivity index (χ3v) is 3.58. The van der Waals surface area contributed by atoms with Gasteiger partial charge in [-0.25, -0.2) is 9.18 Å². The van der Waals surface area contributed by atoms with Crippen LogP contribution in [0.3, 0.4) is 0 Å². The lowest BCUT2D eigenvalue weighted by molar-refractivity contribution is -0.145. The summed E-state index contributed by atoms with van der Waals surface area (Å²) < 4.78 is 22.9. The molecule has 0 heterocycles. The van der Waals surface area contributed by atoms with Gasteiger partial charge in [-0.3, -0.25) is 4.79 Å². The summed E-state index contributed by atoms with van der Waals surface area (Å²) >= 11 is 0. The average molecular weight is 361 g/mol. The van der Waals surface area contributed by atoms with E-state index in [1.54, 1.807) is 12.1 Å². The van der Waals surface area contributed by atoms with Crippen LogP contribution in [0.5, 0.6) is 11.5 Å². The van der Waals surface area contributed by atoms with E-state index in [1.807, 2.05) is 0 Å². The fraction of sp³-hybridized carbons (Fsp3) is 0.263. The molecular weight excluding hydrogens is 341 g/mol. The minimum absolute atomic E-state index is 0.0154. The molecule has 2 N–H and O–H groups in total. The second kappa shape index (κ2) is 9.41. The standard InChI is InChI=1S/C19H20FNO5/c1-25-19(24)18(13-4-2-5-15(22)12-13)21-17(23)6-3-11-26-16-9-7-14(20)8-10-16/h2,4-5,7-10,12,18,22H,3,6,11H2,1H3,(H,21,23). The third-order valence-electron chi connectivity index (χ3n) is 3.58. The van der Waals surface area contributed by atoms with E-state index in [9.17, 15) is 19.1 Å². The Morgan fingerprint density at radius 1 is 1.19 bits per heavy atom. The molecule has 2 aromatic carbocycles. The zero-order valence-electron chi connectivity index (χ0n) is 14.3. The molecule has 6 nitrogen and oxygen atoms in total. The first-order valence-electron chi connectivity index (χ1n) is 8.04. The molecule has 1 amide bonds. The van der Waals surface area contributed by atoms with Gasteiger partial charge in [-0.15, -0.1) is 0 Å². The minimum atomic E-state index is -1.00. The number of nitrogens with one attached hydrogen (secondary N) is 1. The molecule has 0 saturated heterocycles. The number of benzene rings is 2. The van der Waals surface area contributed by atoms with E-state index >= 15 is 0 Å². The van der Waals surface area contributed by atoms with Crippen LogP contribution in [0.2, 0.25) is 0 Å². The van der Waals surface area contributed by atoms with Crippen LogP contribution in [-0.4, -0.2) is 30.7 Å². The average Bonchev–Trinajstić information content (AvgIpc) is 2.64. The number of aromatic hydroxyl groups is 1. The van der Waals surface area contributed by atoms with E-state index < -0.39 is 12.0 Å². The van der Waals surface area contributed by atoms with Crippen LogP contribution in [0.25, 0.3) is 0 Å². The van der Waals surface area contributed by atoms with Crippen LogP contribution in [0, 0.1) is 5.82 Å². The molecule has 138 valence electrons. The first kappa shape index (κ1) is 19.2. The Balaban J connectivity index is 1.85. The lowest BCUT2D eigenvalue weighted by Crippen LogP contribution is -2.34. The molecule has 1 atom stereocenters. The van der Waals surface area contributed by atoms with Gasteiger partial charge in [-0.1, -0.05) is 12.1 Å².